The summed E-state index contributed by atoms with van der Waals surface area (Å²) in [6.07, 6.45) is 1.12. The predicted octanol–water partition coefficient (Wildman–Crippen LogP) is 2.05. The molecule has 1 saturated heterocycles. The van der Waals surface area contributed by atoms with Crippen molar-refractivity contribution in [1.82, 2.24) is 30.0 Å². The fraction of sp³-hybridized carbons (Fsp3) is 0.938. The van der Waals surface area contributed by atoms with Gasteiger partial charge in [-0.15, -0.1) is 5.10 Å². The van der Waals surface area contributed by atoms with Crippen LogP contribution in [0.5, 0.6) is 0 Å². The van der Waals surface area contributed by atoms with Gasteiger partial charge in [-0.2, -0.15) is 0 Å². The van der Waals surface area contributed by atoms with Crippen LogP contribution < -0.4 is 0 Å². The lowest BCUT2D eigenvalue weighted by molar-refractivity contribution is 0.0718. The van der Waals surface area contributed by atoms with Crippen LogP contribution in [0.2, 0.25) is 0 Å². The second-order valence-corrected chi connectivity index (χ2v) is 7.10. The van der Waals surface area contributed by atoms with Crippen LogP contribution in [-0.4, -0.2) is 62.7 Å². The molecule has 6 nitrogen and oxygen atoms in total. The van der Waals surface area contributed by atoms with Crippen molar-refractivity contribution in [2.45, 2.75) is 53.6 Å². The molecule has 1 aromatic rings. The Kier molecular flexibility index (Phi) is 6.32. The topological polar surface area (TPSA) is 50.1 Å². The van der Waals surface area contributed by atoms with Crippen LogP contribution in [-0.2, 0) is 6.54 Å². The molecule has 22 heavy (non-hydrogen) atoms. The normalized spacial score (nSPS) is 19.2. The lowest BCUT2D eigenvalue weighted by Gasteiger charge is -2.39. The van der Waals surface area contributed by atoms with E-state index in [1.807, 2.05) is 4.68 Å². The van der Waals surface area contributed by atoms with Gasteiger partial charge in [0.05, 0.1) is 6.04 Å². The molecular formula is C16H32N6. The molecule has 1 fully saturated rings. The highest BCUT2D eigenvalue weighted by molar-refractivity contribution is 4.96. The van der Waals surface area contributed by atoms with Gasteiger partial charge in [0.15, 0.2) is 5.82 Å². The second kappa shape index (κ2) is 8.02. The van der Waals surface area contributed by atoms with Gasteiger partial charge in [-0.25, -0.2) is 4.68 Å². The van der Waals surface area contributed by atoms with Crippen molar-refractivity contribution >= 4 is 0 Å². The summed E-state index contributed by atoms with van der Waals surface area (Å²) in [4.78, 5) is 5.07. The van der Waals surface area contributed by atoms with E-state index >= 15 is 0 Å². The zero-order valence-corrected chi connectivity index (χ0v) is 14.9. The van der Waals surface area contributed by atoms with Crippen molar-refractivity contribution < 1.29 is 0 Å². The van der Waals surface area contributed by atoms with Crippen LogP contribution in [0.25, 0.3) is 0 Å². The zero-order chi connectivity index (χ0) is 16.1. The third-order valence-electron chi connectivity index (χ3n) is 4.62. The Hall–Kier alpha value is -1.01. The van der Waals surface area contributed by atoms with Crippen LogP contribution in [0.3, 0.4) is 0 Å². The summed E-state index contributed by atoms with van der Waals surface area (Å²) in [5, 5.41) is 12.6. The smallest absolute Gasteiger partial charge is 0.168 e. The minimum Gasteiger partial charge on any atom is -0.301 e. The van der Waals surface area contributed by atoms with Crippen molar-refractivity contribution in [2.75, 3.05) is 32.7 Å². The van der Waals surface area contributed by atoms with Crippen molar-refractivity contribution in [2.24, 2.45) is 11.8 Å². The molecule has 1 atom stereocenters. The summed E-state index contributed by atoms with van der Waals surface area (Å²) in [5.74, 6) is 2.22. The van der Waals surface area contributed by atoms with Gasteiger partial charge in [0.25, 0.3) is 0 Å². The molecule has 0 aromatic carbocycles. The molecule has 0 N–H and O–H groups in total. The Bertz CT molecular complexity index is 434. The van der Waals surface area contributed by atoms with E-state index in [0.717, 1.165) is 51.5 Å². The number of nitrogens with zero attached hydrogens (tertiary/aromatic N) is 6. The molecule has 1 aliphatic rings. The van der Waals surface area contributed by atoms with Gasteiger partial charge in [0.2, 0.25) is 0 Å². The molecular weight excluding hydrogens is 276 g/mol. The average Bonchev–Trinajstić information content (AvgIpc) is 2.94. The molecule has 0 amide bonds. The summed E-state index contributed by atoms with van der Waals surface area (Å²) < 4.78 is 2.02. The van der Waals surface area contributed by atoms with E-state index in [0.29, 0.717) is 17.9 Å². The van der Waals surface area contributed by atoms with E-state index < -0.39 is 0 Å². The first-order chi connectivity index (χ1) is 10.5. The molecule has 0 aliphatic carbocycles. The quantitative estimate of drug-likeness (QED) is 0.771. The van der Waals surface area contributed by atoms with Crippen LogP contribution in [0, 0.1) is 11.8 Å². The number of rotatable bonds is 7. The molecule has 6 heteroatoms. The Morgan fingerprint density at radius 2 is 1.73 bits per heavy atom. The summed E-state index contributed by atoms with van der Waals surface area (Å²) in [6.45, 7) is 17.8. The molecule has 0 bridgehead atoms. The number of tetrazole rings is 1. The summed E-state index contributed by atoms with van der Waals surface area (Å²) in [6, 6.07) is 0.321. The van der Waals surface area contributed by atoms with Crippen molar-refractivity contribution in [3.8, 4) is 0 Å². The molecule has 0 radical (unpaired) electrons. The fourth-order valence-electron chi connectivity index (χ4n) is 3.20. The third kappa shape index (κ3) is 4.26. The molecule has 0 saturated carbocycles. The van der Waals surface area contributed by atoms with Gasteiger partial charge in [-0.1, -0.05) is 34.6 Å². The maximum Gasteiger partial charge on any atom is 0.168 e. The van der Waals surface area contributed by atoms with E-state index in [1.54, 1.807) is 0 Å². The van der Waals surface area contributed by atoms with Crippen LogP contribution in [0.15, 0.2) is 0 Å². The maximum absolute atomic E-state index is 4.38. The fourth-order valence-corrected chi connectivity index (χ4v) is 3.20. The Labute approximate surface area is 134 Å². The van der Waals surface area contributed by atoms with Crippen molar-refractivity contribution in [1.29, 1.82) is 0 Å². The third-order valence-corrected chi connectivity index (χ3v) is 4.62. The Morgan fingerprint density at radius 1 is 1.05 bits per heavy atom. The number of aryl methyl sites for hydroxylation is 1. The van der Waals surface area contributed by atoms with E-state index in [-0.39, 0.29) is 0 Å². The number of piperazine rings is 1. The number of hydrogen-bond acceptors (Lipinski definition) is 5. The van der Waals surface area contributed by atoms with Gasteiger partial charge in [-0.05, 0) is 35.2 Å². The van der Waals surface area contributed by atoms with Gasteiger partial charge < -0.3 is 4.90 Å². The molecule has 1 aromatic heterocycles. The van der Waals surface area contributed by atoms with Crippen LogP contribution >= 0.6 is 0 Å². The Balaban J connectivity index is 2.10. The lowest BCUT2D eigenvalue weighted by atomic mass is 10.0. The minimum absolute atomic E-state index is 0.321. The lowest BCUT2D eigenvalue weighted by Crippen LogP contribution is -2.48. The van der Waals surface area contributed by atoms with Gasteiger partial charge in [-0.3, -0.25) is 4.90 Å². The molecule has 0 unspecified atom stereocenters. The number of likely N-dealkylation sites (N-methyl/N-ethyl adjacent to an activating group) is 1. The minimum atomic E-state index is 0.321. The molecule has 2 heterocycles. The van der Waals surface area contributed by atoms with Gasteiger partial charge >= 0.3 is 0 Å². The first kappa shape index (κ1) is 17.3. The SMILES string of the molecule is CCN1CCN([C@H](c2nnnn2CCC(C)C)C(C)C)CC1. The maximum atomic E-state index is 4.38. The zero-order valence-electron chi connectivity index (χ0n) is 14.9. The average molecular weight is 308 g/mol. The second-order valence-electron chi connectivity index (χ2n) is 7.10. The number of aromatic nitrogens is 4. The van der Waals surface area contributed by atoms with E-state index in [4.69, 9.17) is 0 Å². The summed E-state index contributed by atoms with van der Waals surface area (Å²) >= 11 is 0. The number of hydrogen-bond donors (Lipinski definition) is 0. The van der Waals surface area contributed by atoms with E-state index in [2.05, 4.69) is 59.9 Å². The van der Waals surface area contributed by atoms with Crippen LogP contribution in [0.4, 0.5) is 0 Å². The highest BCUT2D eigenvalue weighted by Crippen LogP contribution is 2.28. The Morgan fingerprint density at radius 3 is 2.27 bits per heavy atom. The first-order valence-electron chi connectivity index (χ1n) is 8.75. The van der Waals surface area contributed by atoms with Crippen molar-refractivity contribution in [3.05, 3.63) is 5.82 Å². The molecule has 126 valence electrons. The van der Waals surface area contributed by atoms with Gasteiger partial charge in [0.1, 0.15) is 0 Å². The largest absolute Gasteiger partial charge is 0.301 e. The van der Waals surface area contributed by atoms with Gasteiger partial charge in [0, 0.05) is 32.7 Å². The summed E-state index contributed by atoms with van der Waals surface area (Å²) in [5.41, 5.74) is 0. The van der Waals surface area contributed by atoms with E-state index in [1.165, 1.54) is 0 Å². The predicted molar refractivity (Wildman–Crippen MR) is 88.5 cm³/mol. The highest BCUT2D eigenvalue weighted by atomic mass is 15.6. The first-order valence-corrected chi connectivity index (χ1v) is 8.75. The molecule has 0 spiro atoms. The molecule has 2 rings (SSSR count). The standard InChI is InChI=1S/C16H32N6/c1-6-20-9-11-21(12-10-20)15(14(4)5)16-17-18-19-22(16)8-7-13(2)3/h13-15H,6-12H2,1-5H3/t15-/m0/s1. The summed E-state index contributed by atoms with van der Waals surface area (Å²) in [7, 11) is 0. The monoisotopic (exact) mass is 308 g/mol. The van der Waals surface area contributed by atoms with Crippen LogP contribution in [0.1, 0.15) is 52.9 Å². The van der Waals surface area contributed by atoms with Crippen molar-refractivity contribution in [3.63, 3.8) is 0 Å². The highest BCUT2D eigenvalue weighted by Gasteiger charge is 2.31. The molecule has 1 aliphatic heterocycles. The van der Waals surface area contributed by atoms with E-state index in [9.17, 15) is 0 Å².